The van der Waals surface area contributed by atoms with Crippen molar-refractivity contribution in [3.8, 4) is 0 Å². The van der Waals surface area contributed by atoms with Crippen molar-refractivity contribution in [3.05, 3.63) is 29.8 Å². The van der Waals surface area contributed by atoms with Gasteiger partial charge >= 0.3 is 6.09 Å². The van der Waals surface area contributed by atoms with Gasteiger partial charge in [0.1, 0.15) is 17.8 Å². The second-order valence-corrected chi connectivity index (χ2v) is 5.52. The molecular weight excluding hydrogens is 260 g/mol. The summed E-state index contributed by atoms with van der Waals surface area (Å²) in [5.41, 5.74) is 5.91. The van der Waals surface area contributed by atoms with Gasteiger partial charge in [-0.1, -0.05) is 18.2 Å². The number of nitrogens with one attached hydrogen (secondary N) is 1. The van der Waals surface area contributed by atoms with E-state index in [1.807, 2.05) is 0 Å². The average Bonchev–Trinajstić information content (AvgIpc) is 2.33. The zero-order valence-electron chi connectivity index (χ0n) is 12.0. The summed E-state index contributed by atoms with van der Waals surface area (Å²) in [5.74, 6) is 0. The summed E-state index contributed by atoms with van der Waals surface area (Å²) in [6.07, 6.45) is -3.00. The lowest BCUT2D eigenvalue weighted by molar-refractivity contribution is 0.0133. The first-order valence-corrected chi connectivity index (χ1v) is 6.38. The maximum absolute atomic E-state index is 11.4. The van der Waals surface area contributed by atoms with Crippen molar-refractivity contribution in [2.24, 2.45) is 0 Å². The highest BCUT2D eigenvalue weighted by Gasteiger charge is 2.22. The van der Waals surface area contributed by atoms with Crippen molar-refractivity contribution in [2.75, 3.05) is 12.3 Å². The lowest BCUT2D eigenvalue weighted by Gasteiger charge is -2.22. The van der Waals surface area contributed by atoms with E-state index in [9.17, 15) is 15.0 Å². The lowest BCUT2D eigenvalue weighted by Crippen LogP contribution is -2.39. The quantitative estimate of drug-likeness (QED) is 0.621. The molecule has 6 heteroatoms. The fourth-order valence-electron chi connectivity index (χ4n) is 1.60. The first kappa shape index (κ1) is 16.3. The summed E-state index contributed by atoms with van der Waals surface area (Å²) in [7, 11) is 0. The predicted molar refractivity (Wildman–Crippen MR) is 76.1 cm³/mol. The van der Waals surface area contributed by atoms with Gasteiger partial charge in [0.15, 0.2) is 0 Å². The van der Waals surface area contributed by atoms with Gasteiger partial charge in [-0.15, -0.1) is 0 Å². The van der Waals surface area contributed by atoms with Crippen molar-refractivity contribution in [3.63, 3.8) is 0 Å². The molecule has 112 valence electrons. The van der Waals surface area contributed by atoms with Crippen LogP contribution < -0.4 is 11.1 Å². The number of nitrogen functional groups attached to an aromatic ring is 1. The standard InChI is InChI=1S/C14H22N2O4/c1-14(2,3)20-13(19)16-8-11(17)12(18)9-6-4-5-7-10(9)15/h4-7,11-12,17-18H,8,15H2,1-3H3,(H,16,19). The molecule has 1 aromatic carbocycles. The minimum absolute atomic E-state index is 0.135. The molecule has 0 saturated carbocycles. The Balaban J connectivity index is 2.53. The summed E-state index contributed by atoms with van der Waals surface area (Å²) in [5, 5.41) is 22.3. The van der Waals surface area contributed by atoms with E-state index in [1.54, 1.807) is 45.0 Å². The molecule has 1 rings (SSSR count). The molecule has 0 saturated heterocycles. The Morgan fingerprint density at radius 2 is 1.95 bits per heavy atom. The SMILES string of the molecule is CC(C)(C)OC(=O)NCC(O)C(O)c1ccccc1N. The molecular formula is C14H22N2O4. The number of aliphatic hydroxyl groups excluding tert-OH is 2. The molecule has 2 atom stereocenters. The first-order chi connectivity index (χ1) is 9.20. The van der Waals surface area contributed by atoms with Crippen LogP contribution in [0.1, 0.15) is 32.4 Å². The molecule has 0 aliphatic carbocycles. The fraction of sp³-hybridized carbons (Fsp3) is 0.500. The smallest absolute Gasteiger partial charge is 0.407 e. The number of ether oxygens (including phenoxy) is 1. The number of aliphatic hydroxyl groups is 2. The molecule has 0 heterocycles. The molecule has 2 unspecified atom stereocenters. The minimum atomic E-state index is -1.17. The first-order valence-electron chi connectivity index (χ1n) is 6.38. The fourth-order valence-corrected chi connectivity index (χ4v) is 1.60. The molecule has 1 aromatic rings. The number of benzene rings is 1. The highest BCUT2D eigenvalue weighted by atomic mass is 16.6. The molecule has 0 aliphatic heterocycles. The van der Waals surface area contributed by atoms with Crippen molar-refractivity contribution in [1.82, 2.24) is 5.32 Å². The molecule has 0 bridgehead atoms. The second kappa shape index (κ2) is 6.58. The number of amides is 1. The molecule has 0 spiro atoms. The lowest BCUT2D eigenvalue weighted by atomic mass is 10.0. The van der Waals surface area contributed by atoms with Crippen LogP contribution in [-0.2, 0) is 4.74 Å². The van der Waals surface area contributed by atoms with Crippen LogP contribution in [0, 0.1) is 0 Å². The highest BCUT2D eigenvalue weighted by molar-refractivity contribution is 5.67. The maximum atomic E-state index is 11.4. The zero-order chi connectivity index (χ0) is 15.3. The number of hydrogen-bond acceptors (Lipinski definition) is 5. The van der Waals surface area contributed by atoms with Gasteiger partial charge in [0.2, 0.25) is 0 Å². The van der Waals surface area contributed by atoms with Crippen LogP contribution in [0.5, 0.6) is 0 Å². The number of carbonyl (C=O) groups is 1. The van der Waals surface area contributed by atoms with Gasteiger partial charge in [-0.2, -0.15) is 0 Å². The Morgan fingerprint density at radius 3 is 2.50 bits per heavy atom. The van der Waals surface area contributed by atoms with Crippen LogP contribution in [0.25, 0.3) is 0 Å². The van der Waals surface area contributed by atoms with Crippen LogP contribution in [0.15, 0.2) is 24.3 Å². The number of rotatable bonds is 4. The molecule has 0 radical (unpaired) electrons. The van der Waals surface area contributed by atoms with Crippen molar-refractivity contribution in [1.29, 1.82) is 0 Å². The van der Waals surface area contributed by atoms with E-state index in [4.69, 9.17) is 10.5 Å². The monoisotopic (exact) mass is 282 g/mol. The Hall–Kier alpha value is -1.79. The number of alkyl carbamates (subject to hydrolysis) is 1. The van der Waals surface area contributed by atoms with Crippen molar-refractivity contribution < 1.29 is 19.7 Å². The molecule has 5 N–H and O–H groups in total. The van der Waals surface area contributed by atoms with Gasteiger partial charge < -0.3 is 26.0 Å². The van der Waals surface area contributed by atoms with Crippen LogP contribution in [-0.4, -0.2) is 34.6 Å². The van der Waals surface area contributed by atoms with E-state index >= 15 is 0 Å². The maximum Gasteiger partial charge on any atom is 0.407 e. The summed E-state index contributed by atoms with van der Waals surface area (Å²) >= 11 is 0. The van der Waals surface area contributed by atoms with E-state index in [0.29, 0.717) is 11.3 Å². The Labute approximate surface area is 118 Å². The Bertz CT molecular complexity index is 457. The number of carbonyl (C=O) groups excluding carboxylic acids is 1. The van der Waals surface area contributed by atoms with E-state index in [0.717, 1.165) is 0 Å². The van der Waals surface area contributed by atoms with Crippen LogP contribution in [0.4, 0.5) is 10.5 Å². The normalized spacial score (nSPS) is 14.4. The van der Waals surface area contributed by atoms with Gasteiger partial charge in [0.25, 0.3) is 0 Å². The highest BCUT2D eigenvalue weighted by Crippen LogP contribution is 2.22. The van der Waals surface area contributed by atoms with Gasteiger partial charge in [-0.25, -0.2) is 4.79 Å². The van der Waals surface area contributed by atoms with E-state index in [1.165, 1.54) is 0 Å². The Morgan fingerprint density at radius 1 is 1.35 bits per heavy atom. The summed E-state index contributed by atoms with van der Waals surface area (Å²) in [6.45, 7) is 5.08. The van der Waals surface area contributed by atoms with Crippen LogP contribution >= 0.6 is 0 Å². The van der Waals surface area contributed by atoms with E-state index in [-0.39, 0.29) is 6.54 Å². The molecule has 6 nitrogen and oxygen atoms in total. The molecule has 0 aromatic heterocycles. The van der Waals surface area contributed by atoms with Gasteiger partial charge in [0, 0.05) is 17.8 Å². The zero-order valence-corrected chi connectivity index (χ0v) is 12.0. The number of nitrogens with two attached hydrogens (primary N) is 1. The summed E-state index contributed by atoms with van der Waals surface area (Å²) in [4.78, 5) is 11.4. The topological polar surface area (TPSA) is 105 Å². The van der Waals surface area contributed by atoms with E-state index in [2.05, 4.69) is 5.32 Å². The minimum Gasteiger partial charge on any atom is -0.444 e. The molecule has 1 amide bonds. The Kier molecular flexibility index (Phi) is 5.35. The number of hydrogen-bond donors (Lipinski definition) is 4. The molecule has 0 fully saturated rings. The van der Waals surface area contributed by atoms with Gasteiger partial charge in [-0.05, 0) is 26.8 Å². The summed E-state index contributed by atoms with van der Waals surface area (Å²) in [6, 6.07) is 6.70. The largest absolute Gasteiger partial charge is 0.444 e. The number of para-hydroxylation sites is 1. The van der Waals surface area contributed by atoms with Gasteiger partial charge in [-0.3, -0.25) is 0 Å². The van der Waals surface area contributed by atoms with Crippen LogP contribution in [0.2, 0.25) is 0 Å². The van der Waals surface area contributed by atoms with Gasteiger partial charge in [0.05, 0.1) is 0 Å². The van der Waals surface area contributed by atoms with Crippen LogP contribution in [0.3, 0.4) is 0 Å². The third kappa shape index (κ3) is 5.07. The predicted octanol–water partition coefficient (Wildman–Crippen LogP) is 1.19. The molecule has 0 aliphatic rings. The third-order valence-corrected chi connectivity index (χ3v) is 2.53. The summed E-state index contributed by atoms with van der Waals surface area (Å²) < 4.78 is 5.03. The average molecular weight is 282 g/mol. The van der Waals surface area contributed by atoms with E-state index < -0.39 is 23.9 Å². The second-order valence-electron chi connectivity index (χ2n) is 5.52. The van der Waals surface area contributed by atoms with Crippen molar-refractivity contribution >= 4 is 11.8 Å². The number of anilines is 1. The third-order valence-electron chi connectivity index (χ3n) is 2.53. The molecule has 20 heavy (non-hydrogen) atoms. The van der Waals surface area contributed by atoms with Crippen molar-refractivity contribution in [2.45, 2.75) is 38.6 Å².